The van der Waals surface area contributed by atoms with Crippen LogP contribution in [-0.2, 0) is 15.7 Å². The molecule has 10 heteroatoms. The van der Waals surface area contributed by atoms with E-state index >= 15 is 0 Å². The van der Waals surface area contributed by atoms with Crippen LogP contribution in [0.3, 0.4) is 0 Å². The predicted octanol–water partition coefficient (Wildman–Crippen LogP) is 3.02. The number of likely N-dealkylation sites (N-methyl/N-ethyl adjacent to an activating group) is 1. The van der Waals surface area contributed by atoms with E-state index < -0.39 is 23.8 Å². The summed E-state index contributed by atoms with van der Waals surface area (Å²) in [5.41, 5.74) is 5.07. The number of aromatic nitrogens is 1. The molecule has 162 valence electrons. The van der Waals surface area contributed by atoms with Crippen molar-refractivity contribution in [3.63, 3.8) is 0 Å². The lowest BCUT2D eigenvalue weighted by Crippen LogP contribution is -2.26. The van der Waals surface area contributed by atoms with Gasteiger partial charge in [0.15, 0.2) is 0 Å². The summed E-state index contributed by atoms with van der Waals surface area (Å²) in [6.45, 7) is 3.80. The average molecular weight is 424 g/mol. The van der Waals surface area contributed by atoms with Gasteiger partial charge in [-0.15, -0.1) is 0 Å². The molecule has 1 aromatic heterocycles. The van der Waals surface area contributed by atoms with Gasteiger partial charge >= 0.3 is 6.18 Å². The number of benzene rings is 1. The van der Waals surface area contributed by atoms with Gasteiger partial charge < -0.3 is 20.5 Å². The van der Waals surface area contributed by atoms with Crippen LogP contribution in [-0.4, -0.2) is 43.6 Å². The minimum absolute atomic E-state index is 0.00897. The summed E-state index contributed by atoms with van der Waals surface area (Å²) in [5, 5.41) is 2.95. The summed E-state index contributed by atoms with van der Waals surface area (Å²) in [6.07, 6.45) is -3.16. The second-order valence-electron chi connectivity index (χ2n) is 6.30. The van der Waals surface area contributed by atoms with Gasteiger partial charge in [-0.1, -0.05) is 0 Å². The minimum Gasteiger partial charge on any atom is -0.494 e. The molecule has 1 atom stereocenters. The monoisotopic (exact) mass is 424 g/mol. The highest BCUT2D eigenvalue weighted by atomic mass is 19.4. The number of aliphatic imine (C=N–C) groups is 1. The first-order chi connectivity index (χ1) is 14.1. The Morgan fingerprint density at radius 1 is 1.30 bits per heavy atom. The van der Waals surface area contributed by atoms with Gasteiger partial charge in [0.05, 0.1) is 14.2 Å². The molecule has 2 rings (SSSR count). The molecule has 0 saturated heterocycles. The summed E-state index contributed by atoms with van der Waals surface area (Å²) in [7, 11) is 2.67. The van der Waals surface area contributed by atoms with Crippen molar-refractivity contribution in [3.05, 3.63) is 47.3 Å². The lowest BCUT2D eigenvalue weighted by Gasteiger charge is -2.14. The third-order valence-electron chi connectivity index (χ3n) is 3.97. The molecule has 3 N–H and O–H groups in total. The molecule has 0 spiro atoms. The van der Waals surface area contributed by atoms with Crippen molar-refractivity contribution in [2.45, 2.75) is 26.1 Å². The zero-order valence-corrected chi connectivity index (χ0v) is 17.0. The first-order valence-corrected chi connectivity index (χ1v) is 9.05. The zero-order valence-electron chi connectivity index (χ0n) is 17.0. The number of carbonyl (C=O) groups is 1. The van der Waals surface area contributed by atoms with Crippen molar-refractivity contribution in [1.82, 2.24) is 10.3 Å². The first kappa shape index (κ1) is 23.1. The number of hydrogen-bond donors (Lipinski definition) is 2. The Balaban J connectivity index is 2.71. The van der Waals surface area contributed by atoms with Crippen molar-refractivity contribution in [1.29, 1.82) is 0 Å². The van der Waals surface area contributed by atoms with Crippen LogP contribution in [0.5, 0.6) is 5.75 Å². The van der Waals surface area contributed by atoms with Gasteiger partial charge in [0.25, 0.3) is 5.91 Å². The molecule has 0 fully saturated rings. The minimum atomic E-state index is -4.61. The number of methoxy groups -OCH3 is 2. The number of fused-ring (bicyclic) bond motifs is 1. The van der Waals surface area contributed by atoms with Crippen LogP contribution in [0.1, 0.15) is 25.1 Å². The molecule has 0 aliphatic heterocycles. The van der Waals surface area contributed by atoms with E-state index in [1.54, 1.807) is 19.9 Å². The standard InChI is InChI=1S/C20H23F3N4O3/c1-5-25-18(28)14(10-11(2)24)26-19(30-4)13-6-8-15(29-3)17-12(13)7-9-16(27-17)20(21,22)23/h6-11H,5,24H2,1-4H3,(H,25,28)/b14-10+,26-19?/t11-/m0/s1. The van der Waals surface area contributed by atoms with E-state index in [1.165, 1.54) is 32.4 Å². The van der Waals surface area contributed by atoms with E-state index in [1.807, 2.05) is 0 Å². The highest BCUT2D eigenvalue weighted by Crippen LogP contribution is 2.33. The molecule has 1 amide bonds. The molecule has 1 aromatic carbocycles. The second-order valence-corrected chi connectivity index (χ2v) is 6.30. The highest BCUT2D eigenvalue weighted by molar-refractivity contribution is 6.09. The number of nitrogens with one attached hydrogen (secondary N) is 1. The van der Waals surface area contributed by atoms with Gasteiger partial charge in [0.2, 0.25) is 5.90 Å². The Morgan fingerprint density at radius 2 is 2.00 bits per heavy atom. The Kier molecular flexibility index (Phi) is 7.38. The molecule has 7 nitrogen and oxygen atoms in total. The van der Waals surface area contributed by atoms with Crippen molar-refractivity contribution in [2.24, 2.45) is 10.7 Å². The number of pyridine rings is 1. The van der Waals surface area contributed by atoms with E-state index in [4.69, 9.17) is 15.2 Å². The zero-order chi connectivity index (χ0) is 22.5. The van der Waals surface area contributed by atoms with E-state index in [0.29, 0.717) is 17.5 Å². The number of amides is 1. The topological polar surface area (TPSA) is 98.8 Å². The lowest BCUT2D eigenvalue weighted by molar-refractivity contribution is -0.141. The maximum Gasteiger partial charge on any atom is 0.433 e. The largest absolute Gasteiger partial charge is 0.494 e. The summed E-state index contributed by atoms with van der Waals surface area (Å²) >= 11 is 0. The SMILES string of the molecule is CCNC(=O)/C(=C\[C@H](C)N)N=C(OC)c1ccc(OC)c2nc(C(F)(F)F)ccc12. The van der Waals surface area contributed by atoms with E-state index in [-0.39, 0.29) is 22.9 Å². The average Bonchev–Trinajstić information content (AvgIpc) is 2.69. The van der Waals surface area contributed by atoms with Crippen LogP contribution in [0.4, 0.5) is 13.2 Å². The summed E-state index contributed by atoms with van der Waals surface area (Å²) in [5.74, 6) is -0.285. The quantitative estimate of drug-likeness (QED) is 0.422. The smallest absolute Gasteiger partial charge is 0.433 e. The van der Waals surface area contributed by atoms with Gasteiger partial charge in [-0.25, -0.2) is 9.98 Å². The van der Waals surface area contributed by atoms with E-state index in [2.05, 4.69) is 15.3 Å². The van der Waals surface area contributed by atoms with Gasteiger partial charge in [-0.3, -0.25) is 4.79 Å². The molecule has 0 saturated carbocycles. The van der Waals surface area contributed by atoms with Gasteiger partial charge in [0, 0.05) is 23.5 Å². The molecule has 0 radical (unpaired) electrons. The first-order valence-electron chi connectivity index (χ1n) is 9.05. The maximum absolute atomic E-state index is 13.1. The number of ether oxygens (including phenoxy) is 2. The molecule has 1 heterocycles. The Morgan fingerprint density at radius 3 is 2.53 bits per heavy atom. The van der Waals surface area contributed by atoms with Gasteiger partial charge in [-0.05, 0) is 44.2 Å². The fourth-order valence-corrected chi connectivity index (χ4v) is 2.69. The number of nitrogens with zero attached hydrogens (tertiary/aromatic N) is 2. The Hall–Kier alpha value is -3.14. The number of carbonyl (C=O) groups excluding carboxylic acids is 1. The van der Waals surface area contributed by atoms with Crippen LogP contribution in [0.25, 0.3) is 10.9 Å². The third kappa shape index (κ3) is 5.26. The Bertz CT molecular complexity index is 985. The fourth-order valence-electron chi connectivity index (χ4n) is 2.69. The number of hydrogen-bond acceptors (Lipinski definition) is 6. The second kappa shape index (κ2) is 9.57. The molecule has 0 aliphatic rings. The number of rotatable bonds is 6. The van der Waals surface area contributed by atoms with Crippen LogP contribution in [0.2, 0.25) is 0 Å². The van der Waals surface area contributed by atoms with E-state index in [9.17, 15) is 18.0 Å². The molecule has 0 bridgehead atoms. The number of alkyl halides is 3. The normalized spacial score (nSPS) is 13.9. The third-order valence-corrected chi connectivity index (χ3v) is 3.97. The molecule has 30 heavy (non-hydrogen) atoms. The Labute approximate surface area is 171 Å². The van der Waals surface area contributed by atoms with Crippen LogP contribution < -0.4 is 15.8 Å². The van der Waals surface area contributed by atoms with Crippen molar-refractivity contribution >= 4 is 22.7 Å². The van der Waals surface area contributed by atoms with Crippen LogP contribution in [0, 0.1) is 0 Å². The molecule has 0 aliphatic carbocycles. The van der Waals surface area contributed by atoms with Crippen LogP contribution in [0.15, 0.2) is 41.0 Å². The van der Waals surface area contributed by atoms with Crippen molar-refractivity contribution in [2.75, 3.05) is 20.8 Å². The predicted molar refractivity (Wildman–Crippen MR) is 107 cm³/mol. The lowest BCUT2D eigenvalue weighted by atomic mass is 10.1. The van der Waals surface area contributed by atoms with Gasteiger partial charge in [0.1, 0.15) is 22.7 Å². The number of halogens is 3. The maximum atomic E-state index is 13.1. The summed E-state index contributed by atoms with van der Waals surface area (Å²) in [6, 6.07) is 4.69. The molecular formula is C20H23F3N4O3. The molecular weight excluding hydrogens is 401 g/mol. The highest BCUT2D eigenvalue weighted by Gasteiger charge is 2.33. The van der Waals surface area contributed by atoms with Crippen LogP contribution >= 0.6 is 0 Å². The van der Waals surface area contributed by atoms with Gasteiger partial charge in [-0.2, -0.15) is 13.2 Å². The van der Waals surface area contributed by atoms with E-state index in [0.717, 1.165) is 6.07 Å². The summed E-state index contributed by atoms with van der Waals surface area (Å²) < 4.78 is 49.9. The fraction of sp³-hybridized carbons (Fsp3) is 0.350. The molecule has 0 unspecified atom stereocenters. The van der Waals surface area contributed by atoms with Crippen molar-refractivity contribution in [3.8, 4) is 5.75 Å². The molecule has 2 aromatic rings. The number of nitrogens with two attached hydrogens (primary N) is 1. The van der Waals surface area contributed by atoms with Crippen molar-refractivity contribution < 1.29 is 27.4 Å². The summed E-state index contributed by atoms with van der Waals surface area (Å²) in [4.78, 5) is 20.3.